The van der Waals surface area contributed by atoms with Crippen LogP contribution in [0.3, 0.4) is 0 Å². The lowest BCUT2D eigenvalue weighted by Crippen LogP contribution is -2.40. The number of carbonyl (C=O) groups excluding carboxylic acids is 2. The minimum absolute atomic E-state index is 0.0122. The second kappa shape index (κ2) is 5.14. The van der Waals surface area contributed by atoms with Gasteiger partial charge in [0, 0.05) is 29.8 Å². The van der Waals surface area contributed by atoms with Crippen molar-refractivity contribution >= 4 is 23.0 Å². The molecule has 1 unspecified atom stereocenters. The van der Waals surface area contributed by atoms with Gasteiger partial charge in [-0.3, -0.25) is 9.59 Å². The molecule has 4 nitrogen and oxygen atoms in total. The largest absolute Gasteiger partial charge is 0.326 e. The van der Waals surface area contributed by atoms with Gasteiger partial charge < -0.3 is 10.6 Å². The van der Waals surface area contributed by atoms with Crippen LogP contribution in [-0.2, 0) is 17.9 Å². The molecule has 1 atom stereocenters. The summed E-state index contributed by atoms with van der Waals surface area (Å²) in [5.74, 6) is 0.116. The van der Waals surface area contributed by atoms with Crippen LogP contribution in [0.1, 0.15) is 46.5 Å². The molecule has 0 bridgehead atoms. The summed E-state index contributed by atoms with van der Waals surface area (Å²) >= 11 is 1.54. The van der Waals surface area contributed by atoms with Crippen LogP contribution >= 0.6 is 11.3 Å². The molecule has 1 fully saturated rings. The highest BCUT2D eigenvalue weighted by Crippen LogP contribution is 2.34. The number of nitrogens with two attached hydrogens (primary N) is 1. The quantitative estimate of drug-likeness (QED) is 0.671. The lowest BCUT2D eigenvalue weighted by Gasteiger charge is -2.25. The number of fused-ring (bicyclic) bond motifs is 1. The normalized spacial score (nSPS) is 23.1. The van der Waals surface area contributed by atoms with Gasteiger partial charge in [0.2, 0.25) is 0 Å². The highest BCUT2D eigenvalue weighted by molar-refractivity contribution is 7.10. The van der Waals surface area contributed by atoms with E-state index in [1.165, 1.54) is 11.3 Å². The van der Waals surface area contributed by atoms with Gasteiger partial charge >= 0.3 is 0 Å². The number of ketones is 1. The molecule has 106 valence electrons. The summed E-state index contributed by atoms with van der Waals surface area (Å²) in [4.78, 5) is 27.6. The van der Waals surface area contributed by atoms with E-state index in [4.69, 9.17) is 5.73 Å². The van der Waals surface area contributed by atoms with Gasteiger partial charge in [-0.15, -0.1) is 11.3 Å². The number of nitrogens with zero attached hydrogens (tertiary/aromatic N) is 1. The van der Waals surface area contributed by atoms with Crippen molar-refractivity contribution in [3.63, 3.8) is 0 Å². The Hall–Kier alpha value is -1.46. The molecule has 20 heavy (non-hydrogen) atoms. The molecule has 3 rings (SSSR count). The standard InChI is InChI=1S/C15H18N2O2S/c1-9-3-2-4-12(13(18)5-9)17-7-10-11(15(17)19)8-20-14(10)6-16/h8,12H,1-7,16H2. The lowest BCUT2D eigenvalue weighted by atomic mass is 10.1. The highest BCUT2D eigenvalue weighted by Gasteiger charge is 2.38. The van der Waals surface area contributed by atoms with Gasteiger partial charge in [0.15, 0.2) is 5.78 Å². The topological polar surface area (TPSA) is 63.4 Å². The number of carbonyl (C=O) groups is 2. The Labute approximate surface area is 122 Å². The first-order chi connectivity index (χ1) is 9.61. The van der Waals surface area contributed by atoms with Crippen LogP contribution in [0.2, 0.25) is 0 Å². The first kappa shape index (κ1) is 13.5. The minimum Gasteiger partial charge on any atom is -0.326 e. The molecule has 2 N–H and O–H groups in total. The van der Waals surface area contributed by atoms with Crippen LogP contribution in [0, 0.1) is 0 Å². The third kappa shape index (κ3) is 2.11. The molecule has 1 aromatic heterocycles. The number of Topliss-reactive ketones (excluding diaryl/α,β-unsaturated/α-hetero) is 1. The Balaban J connectivity index is 1.86. The Morgan fingerprint density at radius 1 is 1.45 bits per heavy atom. The van der Waals surface area contributed by atoms with Crippen molar-refractivity contribution in [2.45, 2.75) is 44.8 Å². The van der Waals surface area contributed by atoms with Crippen LogP contribution in [0.15, 0.2) is 17.5 Å². The second-order valence-electron chi connectivity index (χ2n) is 5.49. The van der Waals surface area contributed by atoms with Crippen LogP contribution in [0.5, 0.6) is 0 Å². The predicted octanol–water partition coefficient (Wildman–Crippen LogP) is 2.23. The van der Waals surface area contributed by atoms with Crippen molar-refractivity contribution in [1.29, 1.82) is 0 Å². The molecule has 2 heterocycles. The van der Waals surface area contributed by atoms with E-state index < -0.39 is 0 Å². The van der Waals surface area contributed by atoms with Crippen molar-refractivity contribution < 1.29 is 9.59 Å². The Kier molecular flexibility index (Phi) is 3.48. The molecule has 1 aliphatic carbocycles. The zero-order valence-electron chi connectivity index (χ0n) is 11.4. The molecular formula is C15H18N2O2S. The van der Waals surface area contributed by atoms with Crippen LogP contribution in [-0.4, -0.2) is 22.6 Å². The number of hydrogen-bond acceptors (Lipinski definition) is 4. The summed E-state index contributed by atoms with van der Waals surface area (Å²) < 4.78 is 0. The monoisotopic (exact) mass is 290 g/mol. The SMILES string of the molecule is C=C1CCCC(N2Cc3c(csc3CN)C2=O)C(=O)C1. The molecule has 5 heteroatoms. The fourth-order valence-corrected chi connectivity index (χ4v) is 4.00. The summed E-state index contributed by atoms with van der Waals surface area (Å²) in [6, 6.07) is -0.287. The lowest BCUT2D eigenvalue weighted by molar-refractivity contribution is -0.122. The number of thiophene rings is 1. The van der Waals surface area contributed by atoms with Crippen molar-refractivity contribution in [2.24, 2.45) is 5.73 Å². The maximum atomic E-state index is 12.5. The Morgan fingerprint density at radius 2 is 2.25 bits per heavy atom. The van der Waals surface area contributed by atoms with Gasteiger partial charge in [-0.1, -0.05) is 12.2 Å². The predicted molar refractivity (Wildman–Crippen MR) is 78.5 cm³/mol. The molecule has 1 aromatic rings. The van der Waals surface area contributed by atoms with Crippen molar-refractivity contribution in [2.75, 3.05) is 0 Å². The molecule has 0 spiro atoms. The highest BCUT2D eigenvalue weighted by atomic mass is 32.1. The maximum absolute atomic E-state index is 12.5. The fourth-order valence-electron chi connectivity index (χ4n) is 3.08. The van der Waals surface area contributed by atoms with Gasteiger partial charge in [0.1, 0.15) is 0 Å². The molecule has 1 saturated carbocycles. The maximum Gasteiger partial charge on any atom is 0.255 e. The van der Waals surface area contributed by atoms with Gasteiger partial charge in [-0.2, -0.15) is 0 Å². The Bertz CT molecular complexity index is 591. The van der Waals surface area contributed by atoms with Crippen LogP contribution in [0.4, 0.5) is 0 Å². The zero-order valence-corrected chi connectivity index (χ0v) is 12.2. The zero-order chi connectivity index (χ0) is 14.3. The van der Waals surface area contributed by atoms with Gasteiger partial charge in [0.05, 0.1) is 11.6 Å². The van der Waals surface area contributed by atoms with Crippen LogP contribution in [0.25, 0.3) is 0 Å². The van der Waals surface area contributed by atoms with E-state index in [1.54, 1.807) is 4.90 Å². The summed E-state index contributed by atoms with van der Waals surface area (Å²) in [5.41, 5.74) is 8.46. The van der Waals surface area contributed by atoms with E-state index in [1.807, 2.05) is 5.38 Å². The average molecular weight is 290 g/mol. The number of hydrogen-bond donors (Lipinski definition) is 1. The summed E-state index contributed by atoms with van der Waals surface area (Å²) in [6.45, 7) is 4.91. The molecule has 2 aliphatic rings. The van der Waals surface area contributed by atoms with Gasteiger partial charge in [-0.05, 0) is 24.8 Å². The number of amides is 1. The summed E-state index contributed by atoms with van der Waals surface area (Å²) in [7, 11) is 0. The molecule has 1 aliphatic heterocycles. The summed E-state index contributed by atoms with van der Waals surface area (Å²) in [5, 5.41) is 1.87. The fraction of sp³-hybridized carbons (Fsp3) is 0.467. The third-order valence-electron chi connectivity index (χ3n) is 4.17. The Morgan fingerprint density at radius 3 is 3.00 bits per heavy atom. The van der Waals surface area contributed by atoms with E-state index in [0.29, 0.717) is 19.5 Å². The van der Waals surface area contributed by atoms with Gasteiger partial charge in [-0.25, -0.2) is 0 Å². The number of allylic oxidation sites excluding steroid dienone is 1. The van der Waals surface area contributed by atoms with E-state index in [2.05, 4.69) is 6.58 Å². The second-order valence-corrected chi connectivity index (χ2v) is 6.45. The van der Waals surface area contributed by atoms with Crippen molar-refractivity contribution in [1.82, 2.24) is 4.90 Å². The van der Waals surface area contributed by atoms with E-state index in [9.17, 15) is 9.59 Å². The first-order valence-electron chi connectivity index (χ1n) is 6.91. The first-order valence-corrected chi connectivity index (χ1v) is 7.79. The average Bonchev–Trinajstić information content (AvgIpc) is 2.90. The minimum atomic E-state index is -0.287. The molecule has 0 radical (unpaired) electrons. The summed E-state index contributed by atoms with van der Waals surface area (Å²) in [6.07, 6.45) is 2.97. The third-order valence-corrected chi connectivity index (χ3v) is 5.22. The molecule has 0 saturated heterocycles. The van der Waals surface area contributed by atoms with Crippen molar-refractivity contribution in [3.05, 3.63) is 33.5 Å². The van der Waals surface area contributed by atoms with Gasteiger partial charge in [0.25, 0.3) is 5.91 Å². The molecule has 0 aromatic carbocycles. The van der Waals surface area contributed by atoms with Crippen LogP contribution < -0.4 is 5.73 Å². The molecule has 1 amide bonds. The van der Waals surface area contributed by atoms with E-state index in [-0.39, 0.29) is 17.7 Å². The smallest absolute Gasteiger partial charge is 0.255 e. The molecular weight excluding hydrogens is 272 g/mol. The van der Waals surface area contributed by atoms with E-state index >= 15 is 0 Å². The van der Waals surface area contributed by atoms with E-state index in [0.717, 1.165) is 40.8 Å². The number of rotatable bonds is 2. The van der Waals surface area contributed by atoms with Crippen molar-refractivity contribution in [3.8, 4) is 0 Å².